The summed E-state index contributed by atoms with van der Waals surface area (Å²) in [5.41, 5.74) is -0.604. The van der Waals surface area contributed by atoms with Crippen LogP contribution in [0.4, 0.5) is 24.7 Å². The van der Waals surface area contributed by atoms with Crippen LogP contribution >= 0.6 is 23.2 Å². The zero-order valence-electron chi connectivity index (χ0n) is 20.4. The number of pyridine rings is 1. The number of aromatic nitrogens is 5. The molecule has 2 atom stereocenters. The number of fused-ring (bicyclic) bond motifs is 1. The van der Waals surface area contributed by atoms with Crippen molar-refractivity contribution in [2.75, 3.05) is 16.8 Å². The van der Waals surface area contributed by atoms with Crippen molar-refractivity contribution in [1.29, 1.82) is 0 Å². The maximum atomic E-state index is 14.7. The highest BCUT2D eigenvalue weighted by Crippen LogP contribution is 2.48. The summed E-state index contributed by atoms with van der Waals surface area (Å²) in [6.45, 7) is 0.911. The minimum absolute atomic E-state index is 0.0574. The summed E-state index contributed by atoms with van der Waals surface area (Å²) < 4.78 is 43.2. The molecular weight excluding hydrogens is 570 g/mol. The monoisotopic (exact) mass is 587 g/mol. The number of carbonyl (C=O) groups excluding carboxylic acids is 2. The molecule has 3 aromatic heterocycles. The van der Waals surface area contributed by atoms with E-state index in [0.717, 1.165) is 36.5 Å². The van der Waals surface area contributed by atoms with Gasteiger partial charge >= 0.3 is 0 Å². The van der Waals surface area contributed by atoms with E-state index in [9.17, 15) is 22.8 Å². The molecule has 4 heterocycles. The van der Waals surface area contributed by atoms with Gasteiger partial charge in [0, 0.05) is 36.0 Å². The van der Waals surface area contributed by atoms with E-state index in [2.05, 4.69) is 25.4 Å². The van der Waals surface area contributed by atoms with Crippen molar-refractivity contribution in [2.45, 2.75) is 19.4 Å². The number of carbonyl (C=O) groups is 2. The molecule has 1 saturated carbocycles. The minimum Gasteiger partial charge on any atom is -0.318 e. The Hall–Kier alpha value is -4.03. The number of anilines is 2. The maximum absolute atomic E-state index is 14.7. The maximum Gasteiger partial charge on any atom is 0.275 e. The Labute approximate surface area is 235 Å². The first-order valence-corrected chi connectivity index (χ1v) is 12.8. The third-order valence-corrected chi connectivity index (χ3v) is 7.35. The average molecular weight is 588 g/mol. The summed E-state index contributed by atoms with van der Waals surface area (Å²) in [6, 6.07) is 3.74. The number of piperidine rings is 1. The molecule has 1 saturated heterocycles. The third-order valence-electron chi connectivity index (χ3n) is 6.78. The largest absolute Gasteiger partial charge is 0.318 e. The lowest BCUT2D eigenvalue weighted by Crippen LogP contribution is -2.29. The predicted octanol–water partition coefficient (Wildman–Crippen LogP) is 5.40. The van der Waals surface area contributed by atoms with E-state index in [1.807, 2.05) is 0 Å². The zero-order valence-corrected chi connectivity index (χ0v) is 21.9. The van der Waals surface area contributed by atoms with Crippen molar-refractivity contribution in [3.63, 3.8) is 0 Å². The highest BCUT2D eigenvalue weighted by molar-refractivity contribution is 6.33. The molecule has 1 aliphatic carbocycles. The summed E-state index contributed by atoms with van der Waals surface area (Å²) in [5.74, 6) is -0.808. The van der Waals surface area contributed by atoms with E-state index in [0.29, 0.717) is 29.0 Å². The molecule has 4 aromatic rings. The van der Waals surface area contributed by atoms with Crippen LogP contribution in [0.1, 0.15) is 34.5 Å². The van der Waals surface area contributed by atoms with Crippen LogP contribution in [0.3, 0.4) is 0 Å². The van der Waals surface area contributed by atoms with E-state index >= 15 is 0 Å². The second-order valence-corrected chi connectivity index (χ2v) is 10.3. The quantitative estimate of drug-likeness (QED) is 0.310. The minimum atomic E-state index is -3.00. The molecule has 9 nitrogen and oxygen atoms in total. The van der Waals surface area contributed by atoms with Crippen LogP contribution < -0.4 is 10.2 Å². The van der Waals surface area contributed by atoms with Crippen LogP contribution in [-0.2, 0) is 11.3 Å². The summed E-state index contributed by atoms with van der Waals surface area (Å²) in [5, 5.41) is 6.81. The number of nitrogens with one attached hydrogen (secondary N) is 1. The summed E-state index contributed by atoms with van der Waals surface area (Å²) in [6.07, 6.45) is 4.70. The Morgan fingerprint density at radius 2 is 1.98 bits per heavy atom. The Morgan fingerprint density at radius 1 is 1.15 bits per heavy atom. The van der Waals surface area contributed by atoms with Crippen LogP contribution in [0.2, 0.25) is 10.0 Å². The molecule has 2 fully saturated rings. The third kappa shape index (κ3) is 4.88. The highest BCUT2D eigenvalue weighted by Gasteiger charge is 2.53. The van der Waals surface area contributed by atoms with Crippen LogP contribution in [0.5, 0.6) is 0 Å². The van der Waals surface area contributed by atoms with E-state index < -0.39 is 29.3 Å². The van der Waals surface area contributed by atoms with Gasteiger partial charge in [-0.1, -0.05) is 29.3 Å². The van der Waals surface area contributed by atoms with Gasteiger partial charge in [0.1, 0.15) is 5.69 Å². The number of benzene rings is 1. The number of halogens is 5. The Morgan fingerprint density at radius 3 is 2.70 bits per heavy atom. The van der Waals surface area contributed by atoms with Gasteiger partial charge in [-0.25, -0.2) is 23.1 Å². The molecule has 1 N–H and O–H groups in total. The van der Waals surface area contributed by atoms with E-state index in [4.69, 9.17) is 23.2 Å². The van der Waals surface area contributed by atoms with Crippen LogP contribution in [0.15, 0.2) is 49.2 Å². The molecule has 0 spiro atoms. The first-order valence-electron chi connectivity index (χ1n) is 12.1. The van der Waals surface area contributed by atoms with Crippen LogP contribution in [-0.4, -0.2) is 43.1 Å². The standard InChI is InChI=1S/C26H18Cl2F3N7O2/c27-17-2-1-15(23(30)31)21(22(17)29)19-7-32-8-20(36-19)25(39)35-14-6-34-37(11-14)9-12-3-18(28)24(33-5-12)38-10-13-4-16(13)26(38)40/h1-3,5-8,11,13,16,23H,4,9-10H2,(H,35,39)/t13-,16-/m1/s1. The van der Waals surface area contributed by atoms with Crippen molar-refractivity contribution in [1.82, 2.24) is 24.7 Å². The Balaban J connectivity index is 1.15. The molecule has 0 unspecified atom stereocenters. The van der Waals surface area contributed by atoms with Gasteiger partial charge in [0.05, 0.1) is 46.6 Å². The topological polar surface area (TPSA) is 106 Å². The van der Waals surface area contributed by atoms with Crippen molar-refractivity contribution in [3.05, 3.63) is 81.9 Å². The molecule has 1 aliphatic heterocycles. The van der Waals surface area contributed by atoms with Gasteiger partial charge in [-0.15, -0.1) is 0 Å². The average Bonchev–Trinajstić information content (AvgIpc) is 3.46. The molecule has 204 valence electrons. The first-order chi connectivity index (χ1) is 19.2. The lowest BCUT2D eigenvalue weighted by molar-refractivity contribution is -0.118. The van der Waals surface area contributed by atoms with Crippen LogP contribution in [0, 0.1) is 17.7 Å². The van der Waals surface area contributed by atoms with Crippen LogP contribution in [0.25, 0.3) is 11.3 Å². The molecule has 0 bridgehead atoms. The Kier molecular flexibility index (Phi) is 6.67. The van der Waals surface area contributed by atoms with Gasteiger partial charge in [0.25, 0.3) is 12.3 Å². The lowest BCUT2D eigenvalue weighted by Gasteiger charge is -2.18. The Bertz CT molecular complexity index is 1670. The summed E-state index contributed by atoms with van der Waals surface area (Å²) >= 11 is 12.2. The number of amides is 2. The number of alkyl halides is 2. The molecule has 2 aliphatic rings. The van der Waals surface area contributed by atoms with E-state index in [-0.39, 0.29) is 34.8 Å². The number of rotatable bonds is 7. The summed E-state index contributed by atoms with van der Waals surface area (Å²) in [7, 11) is 0. The fraction of sp³-hybridized carbons (Fsp3) is 0.231. The molecule has 0 radical (unpaired) electrons. The molecular formula is C26H18Cl2F3N7O2. The number of hydrogen-bond donors (Lipinski definition) is 1. The number of nitrogens with zero attached hydrogens (tertiary/aromatic N) is 6. The van der Waals surface area contributed by atoms with Crippen molar-refractivity contribution >= 4 is 46.5 Å². The summed E-state index contributed by atoms with van der Waals surface area (Å²) in [4.78, 5) is 39.1. The smallest absolute Gasteiger partial charge is 0.275 e. The predicted molar refractivity (Wildman–Crippen MR) is 140 cm³/mol. The van der Waals surface area contributed by atoms with Gasteiger partial charge in [0.15, 0.2) is 11.6 Å². The van der Waals surface area contributed by atoms with Gasteiger partial charge in [-0.3, -0.25) is 24.2 Å². The molecule has 2 amide bonds. The SMILES string of the molecule is O=C(Nc1cnn(Cc2cnc(N3C[C@H]4C[C@H]4C3=O)c(Cl)c2)c1)c1cncc(-c2c(C(F)F)ccc(Cl)c2F)n1. The highest BCUT2D eigenvalue weighted by atomic mass is 35.5. The van der Waals surface area contributed by atoms with Gasteiger partial charge < -0.3 is 5.32 Å². The second-order valence-electron chi connectivity index (χ2n) is 9.50. The molecule has 14 heteroatoms. The second kappa shape index (κ2) is 10.2. The van der Waals surface area contributed by atoms with Crippen molar-refractivity contribution in [3.8, 4) is 11.3 Å². The van der Waals surface area contributed by atoms with E-state index in [1.54, 1.807) is 23.4 Å². The normalized spacial score (nSPS) is 17.9. The number of hydrogen-bond acceptors (Lipinski definition) is 6. The van der Waals surface area contributed by atoms with Crippen molar-refractivity contribution in [2.24, 2.45) is 11.8 Å². The van der Waals surface area contributed by atoms with Crippen molar-refractivity contribution < 1.29 is 22.8 Å². The fourth-order valence-corrected chi connectivity index (χ4v) is 5.17. The first kappa shape index (κ1) is 26.2. The van der Waals surface area contributed by atoms with Gasteiger partial charge in [0.2, 0.25) is 5.91 Å². The fourth-order valence-electron chi connectivity index (χ4n) is 4.72. The zero-order chi connectivity index (χ0) is 28.1. The van der Waals surface area contributed by atoms with E-state index in [1.165, 1.54) is 10.9 Å². The molecule has 1 aromatic carbocycles. The van der Waals surface area contributed by atoms with Gasteiger partial charge in [-0.2, -0.15) is 5.10 Å². The molecule has 40 heavy (non-hydrogen) atoms. The lowest BCUT2D eigenvalue weighted by atomic mass is 10.0. The molecule has 6 rings (SSSR count). The van der Waals surface area contributed by atoms with Gasteiger partial charge in [-0.05, 0) is 30.0 Å².